The van der Waals surface area contributed by atoms with Crippen molar-refractivity contribution >= 4 is 6.08 Å². The molecule has 0 N–H and O–H groups in total. The Hall–Kier alpha value is -1.84. The summed E-state index contributed by atoms with van der Waals surface area (Å²) in [5, 5.41) is 0. The lowest BCUT2D eigenvalue weighted by atomic mass is 9.87. The van der Waals surface area contributed by atoms with Crippen LogP contribution in [0.2, 0.25) is 0 Å². The second-order valence-corrected chi connectivity index (χ2v) is 5.24. The molecule has 0 unspecified atom stereocenters. The molecule has 1 aliphatic rings. The third-order valence-corrected chi connectivity index (χ3v) is 4.09. The summed E-state index contributed by atoms with van der Waals surface area (Å²) in [5.41, 5.74) is 1.26. The summed E-state index contributed by atoms with van der Waals surface area (Å²) in [6.45, 7) is 0.434. The lowest BCUT2D eigenvalue weighted by Crippen LogP contribution is -2.20. The molecule has 0 saturated heterocycles. The minimum absolute atomic E-state index is 0.434. The Morgan fingerprint density at radius 1 is 1.14 bits per heavy atom. The molecule has 0 bridgehead atoms. The molecule has 0 aromatic heterocycles. The number of hydrogen-bond acceptors (Lipinski definition) is 5. The van der Waals surface area contributed by atoms with Crippen LogP contribution in [0.15, 0.2) is 17.1 Å². The van der Waals surface area contributed by atoms with Crippen molar-refractivity contribution in [2.24, 2.45) is 4.99 Å². The fraction of sp³-hybridized carbons (Fsp3) is 0.562. The van der Waals surface area contributed by atoms with Gasteiger partial charge in [0.2, 0.25) is 6.08 Å². The summed E-state index contributed by atoms with van der Waals surface area (Å²) >= 11 is 0. The van der Waals surface area contributed by atoms with E-state index in [0.717, 1.165) is 42.6 Å². The molecule has 0 atom stereocenters. The highest BCUT2D eigenvalue weighted by Gasteiger charge is 2.38. The van der Waals surface area contributed by atoms with Gasteiger partial charge in [-0.15, -0.1) is 0 Å². The van der Waals surface area contributed by atoms with Crippen LogP contribution in [0, 0.1) is 0 Å². The molecule has 1 saturated carbocycles. The van der Waals surface area contributed by atoms with Gasteiger partial charge in [-0.2, -0.15) is 4.99 Å². The van der Waals surface area contributed by atoms with Crippen LogP contribution in [-0.4, -0.2) is 27.4 Å². The van der Waals surface area contributed by atoms with Gasteiger partial charge in [0.15, 0.2) is 0 Å². The van der Waals surface area contributed by atoms with Gasteiger partial charge in [-0.05, 0) is 25.0 Å². The maximum absolute atomic E-state index is 10.9. The van der Waals surface area contributed by atoms with Gasteiger partial charge in [-0.25, -0.2) is 4.79 Å². The average molecular weight is 291 g/mol. The van der Waals surface area contributed by atoms with Crippen LogP contribution in [0.1, 0.15) is 36.8 Å². The molecule has 1 aliphatic carbocycles. The third-order valence-electron chi connectivity index (χ3n) is 4.09. The van der Waals surface area contributed by atoms with E-state index in [1.807, 2.05) is 12.1 Å². The van der Waals surface area contributed by atoms with Crippen molar-refractivity contribution in [3.63, 3.8) is 0 Å². The SMILES string of the molecule is COCc1cc(OC)c(C2(N=C=O)CCCC2)cc1OC. The molecule has 114 valence electrons. The maximum atomic E-state index is 10.9. The molecule has 2 rings (SSSR count). The van der Waals surface area contributed by atoms with E-state index in [-0.39, 0.29) is 0 Å². The Bertz CT molecular complexity index is 543. The van der Waals surface area contributed by atoms with Crippen LogP contribution >= 0.6 is 0 Å². The second kappa shape index (κ2) is 6.74. The normalized spacial score (nSPS) is 16.3. The van der Waals surface area contributed by atoms with Crippen LogP contribution in [0.4, 0.5) is 0 Å². The molecule has 1 fully saturated rings. The van der Waals surface area contributed by atoms with E-state index in [0.29, 0.717) is 12.4 Å². The summed E-state index contributed by atoms with van der Waals surface area (Å²) in [7, 11) is 4.87. The molecular formula is C16H21NO4. The predicted octanol–water partition coefficient (Wildman–Crippen LogP) is 2.96. The molecule has 1 aromatic carbocycles. The van der Waals surface area contributed by atoms with E-state index in [9.17, 15) is 4.79 Å². The fourth-order valence-corrected chi connectivity index (χ4v) is 3.08. The lowest BCUT2D eigenvalue weighted by molar-refractivity contribution is 0.181. The first-order valence-corrected chi connectivity index (χ1v) is 7.04. The highest BCUT2D eigenvalue weighted by atomic mass is 16.5. The van der Waals surface area contributed by atoms with E-state index >= 15 is 0 Å². The van der Waals surface area contributed by atoms with E-state index in [1.165, 1.54) is 0 Å². The molecule has 5 heteroatoms. The summed E-state index contributed by atoms with van der Waals surface area (Å²) in [6.07, 6.45) is 5.46. The molecule has 0 aliphatic heterocycles. The first-order valence-electron chi connectivity index (χ1n) is 7.04. The zero-order valence-electron chi connectivity index (χ0n) is 12.8. The van der Waals surface area contributed by atoms with Crippen molar-refractivity contribution in [3.05, 3.63) is 23.3 Å². The Kier molecular flexibility index (Phi) is 4.99. The first-order chi connectivity index (χ1) is 10.2. The standard InChI is InChI=1S/C16H21NO4/c1-19-10-12-8-15(21-3)13(9-14(12)20-2)16(17-11-18)6-4-5-7-16/h8-9H,4-7,10H2,1-3H3. The molecule has 0 radical (unpaired) electrons. The fourth-order valence-electron chi connectivity index (χ4n) is 3.08. The number of hydrogen-bond donors (Lipinski definition) is 0. The van der Waals surface area contributed by atoms with Crippen molar-refractivity contribution in [2.75, 3.05) is 21.3 Å². The highest BCUT2D eigenvalue weighted by Crippen LogP contribution is 2.47. The monoisotopic (exact) mass is 291 g/mol. The van der Waals surface area contributed by atoms with Crippen molar-refractivity contribution in [1.29, 1.82) is 0 Å². The van der Waals surface area contributed by atoms with Gasteiger partial charge in [0.05, 0.1) is 20.8 Å². The van der Waals surface area contributed by atoms with Crippen molar-refractivity contribution in [2.45, 2.75) is 37.8 Å². The third kappa shape index (κ3) is 2.94. The van der Waals surface area contributed by atoms with E-state index in [4.69, 9.17) is 14.2 Å². The molecule has 5 nitrogen and oxygen atoms in total. The average Bonchev–Trinajstić information content (AvgIpc) is 2.97. The highest BCUT2D eigenvalue weighted by molar-refractivity contribution is 5.51. The zero-order chi connectivity index (χ0) is 15.3. The molecule has 21 heavy (non-hydrogen) atoms. The Balaban J connectivity index is 2.58. The number of rotatable bonds is 6. The molecule has 0 spiro atoms. The van der Waals surface area contributed by atoms with Crippen LogP contribution in [-0.2, 0) is 21.7 Å². The lowest BCUT2D eigenvalue weighted by Gasteiger charge is -2.26. The minimum atomic E-state index is -0.536. The van der Waals surface area contributed by atoms with Crippen LogP contribution in [0.3, 0.4) is 0 Å². The van der Waals surface area contributed by atoms with Gasteiger partial charge in [0, 0.05) is 18.2 Å². The number of methoxy groups -OCH3 is 3. The van der Waals surface area contributed by atoms with Gasteiger partial charge in [-0.3, -0.25) is 0 Å². The van der Waals surface area contributed by atoms with Gasteiger partial charge < -0.3 is 14.2 Å². The summed E-state index contributed by atoms with van der Waals surface area (Å²) in [5.74, 6) is 1.43. The molecule has 0 heterocycles. The minimum Gasteiger partial charge on any atom is -0.496 e. The summed E-state index contributed by atoms with van der Waals surface area (Å²) in [6, 6.07) is 3.82. The summed E-state index contributed by atoms with van der Waals surface area (Å²) in [4.78, 5) is 15.0. The van der Waals surface area contributed by atoms with Crippen LogP contribution in [0.5, 0.6) is 11.5 Å². The number of nitrogens with zero attached hydrogens (tertiary/aromatic N) is 1. The van der Waals surface area contributed by atoms with E-state index in [2.05, 4.69) is 4.99 Å². The van der Waals surface area contributed by atoms with Gasteiger partial charge in [0.25, 0.3) is 0 Å². The van der Waals surface area contributed by atoms with E-state index < -0.39 is 5.54 Å². The quantitative estimate of drug-likeness (QED) is 0.597. The van der Waals surface area contributed by atoms with Crippen molar-refractivity contribution < 1.29 is 19.0 Å². The molecular weight excluding hydrogens is 270 g/mol. The smallest absolute Gasteiger partial charge is 0.235 e. The van der Waals surface area contributed by atoms with Crippen LogP contribution in [0.25, 0.3) is 0 Å². The maximum Gasteiger partial charge on any atom is 0.235 e. The van der Waals surface area contributed by atoms with Crippen molar-refractivity contribution in [1.82, 2.24) is 0 Å². The van der Waals surface area contributed by atoms with Gasteiger partial charge in [0.1, 0.15) is 17.0 Å². The number of isocyanates is 1. The Labute approximate surface area is 124 Å². The molecule has 1 aromatic rings. The topological polar surface area (TPSA) is 57.1 Å². The first kappa shape index (κ1) is 15.5. The van der Waals surface area contributed by atoms with Gasteiger partial charge >= 0.3 is 0 Å². The number of benzene rings is 1. The number of carbonyl (C=O) groups excluding carboxylic acids is 1. The van der Waals surface area contributed by atoms with E-state index in [1.54, 1.807) is 27.4 Å². The Morgan fingerprint density at radius 2 is 1.81 bits per heavy atom. The van der Waals surface area contributed by atoms with Gasteiger partial charge in [-0.1, -0.05) is 12.8 Å². The Morgan fingerprint density at radius 3 is 2.33 bits per heavy atom. The number of aliphatic imine (C=N–C) groups is 1. The summed E-state index contributed by atoms with van der Waals surface area (Å²) < 4.78 is 16.1. The number of ether oxygens (including phenoxy) is 3. The predicted molar refractivity (Wildman–Crippen MR) is 78.5 cm³/mol. The van der Waals surface area contributed by atoms with Crippen molar-refractivity contribution in [3.8, 4) is 11.5 Å². The molecule has 0 amide bonds. The largest absolute Gasteiger partial charge is 0.496 e. The second-order valence-electron chi connectivity index (χ2n) is 5.24. The van der Waals surface area contributed by atoms with Crippen LogP contribution < -0.4 is 9.47 Å². The zero-order valence-corrected chi connectivity index (χ0v) is 12.8.